The lowest BCUT2D eigenvalue weighted by molar-refractivity contribution is 0.0606. The van der Waals surface area contributed by atoms with Crippen molar-refractivity contribution in [2.24, 2.45) is 0 Å². The normalized spacial score (nSPS) is 9.38. The highest BCUT2D eigenvalue weighted by Gasteiger charge is 2.12. The Bertz CT molecular complexity index is 302. The van der Waals surface area contributed by atoms with Gasteiger partial charge in [-0.2, -0.15) is 0 Å². The van der Waals surface area contributed by atoms with E-state index in [9.17, 15) is 9.59 Å². The molecule has 13 heavy (non-hydrogen) atoms. The number of nitrogens with one attached hydrogen (secondary N) is 1. The maximum Gasteiger partial charge on any atom is 0.348 e. The summed E-state index contributed by atoms with van der Waals surface area (Å²) in [6, 6.07) is 2.89. The first kappa shape index (κ1) is 9.69. The molecule has 0 aromatic carbocycles. The molecule has 0 unspecified atom stereocenters. The number of hydrogen-bond acceptors (Lipinski definition) is 5. The van der Waals surface area contributed by atoms with Crippen molar-refractivity contribution in [3.8, 4) is 0 Å². The molecule has 2 N–H and O–H groups in total. The minimum Gasteiger partial charge on any atom is -0.465 e. The van der Waals surface area contributed by atoms with Crippen molar-refractivity contribution in [2.45, 2.75) is 0 Å². The molecule has 1 heterocycles. The number of esters is 1. The van der Waals surface area contributed by atoms with Crippen LogP contribution in [0.3, 0.4) is 0 Å². The molecule has 6 heteroatoms. The lowest BCUT2D eigenvalue weighted by atomic mass is 10.4. The average molecular weight is 201 g/mol. The number of thiophene rings is 1. The number of rotatable bonds is 2. The van der Waals surface area contributed by atoms with E-state index in [0.29, 0.717) is 4.88 Å². The van der Waals surface area contributed by atoms with Gasteiger partial charge < -0.3 is 4.74 Å². The summed E-state index contributed by atoms with van der Waals surface area (Å²) in [6.07, 6.45) is 0. The van der Waals surface area contributed by atoms with Crippen molar-refractivity contribution in [1.82, 2.24) is 5.48 Å². The highest BCUT2D eigenvalue weighted by atomic mass is 32.1. The van der Waals surface area contributed by atoms with Gasteiger partial charge in [-0.25, -0.2) is 10.3 Å². The maximum absolute atomic E-state index is 10.9. The zero-order valence-corrected chi connectivity index (χ0v) is 7.55. The molecule has 1 aromatic rings. The minimum atomic E-state index is -0.639. The van der Waals surface area contributed by atoms with Crippen LogP contribution in [-0.2, 0) is 4.74 Å². The predicted molar refractivity (Wildman–Crippen MR) is 44.9 cm³/mol. The first-order valence-electron chi connectivity index (χ1n) is 3.31. The summed E-state index contributed by atoms with van der Waals surface area (Å²) >= 11 is 0.952. The molecule has 1 amide bonds. The molecule has 0 saturated carbocycles. The van der Waals surface area contributed by atoms with Gasteiger partial charge in [0.1, 0.15) is 4.88 Å². The van der Waals surface area contributed by atoms with Crippen LogP contribution in [0, 0.1) is 0 Å². The molecule has 70 valence electrons. The average Bonchev–Trinajstić information content (AvgIpc) is 2.64. The van der Waals surface area contributed by atoms with E-state index in [4.69, 9.17) is 5.21 Å². The number of methoxy groups -OCH3 is 1. The van der Waals surface area contributed by atoms with Crippen molar-refractivity contribution >= 4 is 23.2 Å². The van der Waals surface area contributed by atoms with Gasteiger partial charge in [-0.1, -0.05) is 0 Å². The van der Waals surface area contributed by atoms with Gasteiger partial charge in [-0.15, -0.1) is 11.3 Å². The van der Waals surface area contributed by atoms with Crippen LogP contribution < -0.4 is 5.48 Å². The first-order valence-corrected chi connectivity index (χ1v) is 4.13. The van der Waals surface area contributed by atoms with E-state index in [1.54, 1.807) is 0 Å². The zero-order chi connectivity index (χ0) is 9.84. The van der Waals surface area contributed by atoms with Crippen LogP contribution in [0.2, 0.25) is 0 Å². The Hall–Kier alpha value is -1.40. The summed E-state index contributed by atoms with van der Waals surface area (Å²) in [7, 11) is 1.26. The number of ether oxygens (including phenoxy) is 1. The molecule has 5 nitrogen and oxygen atoms in total. The van der Waals surface area contributed by atoms with E-state index in [1.165, 1.54) is 24.7 Å². The summed E-state index contributed by atoms with van der Waals surface area (Å²) in [5.41, 5.74) is 1.47. The van der Waals surface area contributed by atoms with Crippen LogP contribution in [0.5, 0.6) is 0 Å². The molecule has 0 aliphatic heterocycles. The van der Waals surface area contributed by atoms with Crippen LogP contribution in [0.1, 0.15) is 19.3 Å². The van der Waals surface area contributed by atoms with Gasteiger partial charge in [0.25, 0.3) is 5.91 Å². The van der Waals surface area contributed by atoms with Crippen molar-refractivity contribution in [2.75, 3.05) is 7.11 Å². The van der Waals surface area contributed by atoms with Gasteiger partial charge in [0.15, 0.2) is 0 Å². The fourth-order valence-electron chi connectivity index (χ4n) is 0.725. The molecule has 0 radical (unpaired) electrons. The number of carbonyl (C=O) groups excluding carboxylic acids is 2. The highest BCUT2D eigenvalue weighted by Crippen LogP contribution is 2.16. The van der Waals surface area contributed by atoms with Crippen molar-refractivity contribution in [3.63, 3.8) is 0 Å². The second-order valence-corrected chi connectivity index (χ2v) is 3.18. The third-order valence-electron chi connectivity index (χ3n) is 1.32. The summed E-state index contributed by atoms with van der Waals surface area (Å²) in [5.74, 6) is -1.14. The Morgan fingerprint density at radius 2 is 2.08 bits per heavy atom. The van der Waals surface area contributed by atoms with E-state index < -0.39 is 11.9 Å². The Balaban J connectivity index is 2.86. The predicted octanol–water partition coefficient (Wildman–Crippen LogP) is 0.654. The van der Waals surface area contributed by atoms with Gasteiger partial charge in [0.05, 0.1) is 12.0 Å². The first-order chi connectivity index (χ1) is 6.19. The Morgan fingerprint density at radius 1 is 1.46 bits per heavy atom. The Morgan fingerprint density at radius 3 is 2.62 bits per heavy atom. The van der Waals surface area contributed by atoms with E-state index in [-0.39, 0.29) is 4.88 Å². The van der Waals surface area contributed by atoms with Crippen LogP contribution in [-0.4, -0.2) is 24.2 Å². The summed E-state index contributed by atoms with van der Waals surface area (Å²) in [6.45, 7) is 0. The molecule has 0 bridgehead atoms. The van der Waals surface area contributed by atoms with Crippen LogP contribution >= 0.6 is 11.3 Å². The number of carbonyl (C=O) groups is 2. The summed E-state index contributed by atoms with van der Waals surface area (Å²) in [5, 5.41) is 8.28. The van der Waals surface area contributed by atoms with Crippen molar-refractivity contribution in [3.05, 3.63) is 21.9 Å². The molecule has 0 spiro atoms. The third-order valence-corrected chi connectivity index (χ3v) is 2.38. The molecule has 0 fully saturated rings. The van der Waals surface area contributed by atoms with E-state index in [1.807, 2.05) is 0 Å². The molecule has 1 rings (SSSR count). The van der Waals surface area contributed by atoms with E-state index in [2.05, 4.69) is 4.74 Å². The van der Waals surface area contributed by atoms with Gasteiger partial charge in [0, 0.05) is 0 Å². The molecule has 0 aliphatic rings. The second-order valence-electron chi connectivity index (χ2n) is 2.10. The second kappa shape index (κ2) is 4.01. The Kier molecular flexibility index (Phi) is 2.99. The maximum atomic E-state index is 10.9. The number of hydroxylamine groups is 1. The van der Waals surface area contributed by atoms with Crippen LogP contribution in [0.4, 0.5) is 0 Å². The van der Waals surface area contributed by atoms with Crippen LogP contribution in [0.15, 0.2) is 12.1 Å². The minimum absolute atomic E-state index is 0.253. The SMILES string of the molecule is COC(=O)c1ccc(C(=O)NO)s1. The topological polar surface area (TPSA) is 75.6 Å². The highest BCUT2D eigenvalue weighted by molar-refractivity contribution is 7.15. The third kappa shape index (κ3) is 2.04. The summed E-state index contributed by atoms with van der Waals surface area (Å²) in [4.78, 5) is 22.3. The van der Waals surface area contributed by atoms with Gasteiger partial charge >= 0.3 is 5.97 Å². The van der Waals surface area contributed by atoms with Crippen molar-refractivity contribution < 1.29 is 19.5 Å². The molecule has 0 aliphatic carbocycles. The smallest absolute Gasteiger partial charge is 0.348 e. The lowest BCUT2D eigenvalue weighted by Gasteiger charge is -1.92. The van der Waals surface area contributed by atoms with Gasteiger partial charge in [0.2, 0.25) is 0 Å². The molecule has 0 atom stereocenters. The van der Waals surface area contributed by atoms with E-state index in [0.717, 1.165) is 11.3 Å². The lowest BCUT2D eigenvalue weighted by Crippen LogP contribution is -2.16. The van der Waals surface area contributed by atoms with Crippen LogP contribution in [0.25, 0.3) is 0 Å². The number of amides is 1. The zero-order valence-electron chi connectivity index (χ0n) is 6.73. The quantitative estimate of drug-likeness (QED) is 0.418. The molecule has 1 aromatic heterocycles. The fourth-order valence-corrected chi connectivity index (χ4v) is 1.54. The van der Waals surface area contributed by atoms with Gasteiger partial charge in [-0.05, 0) is 12.1 Å². The molecule has 0 saturated heterocycles. The van der Waals surface area contributed by atoms with Gasteiger partial charge in [-0.3, -0.25) is 10.0 Å². The number of hydrogen-bond donors (Lipinski definition) is 2. The largest absolute Gasteiger partial charge is 0.465 e. The molecular weight excluding hydrogens is 194 g/mol. The van der Waals surface area contributed by atoms with E-state index >= 15 is 0 Å². The van der Waals surface area contributed by atoms with Crippen molar-refractivity contribution in [1.29, 1.82) is 0 Å². The Labute approximate surface area is 77.9 Å². The summed E-state index contributed by atoms with van der Waals surface area (Å²) < 4.78 is 4.44. The molecular formula is C7H7NO4S. The fraction of sp³-hybridized carbons (Fsp3) is 0.143. The standard InChI is InChI=1S/C7H7NO4S/c1-12-7(10)5-3-2-4(13-5)6(9)8-11/h2-3,11H,1H3,(H,8,9). The monoisotopic (exact) mass is 201 g/mol.